The summed E-state index contributed by atoms with van der Waals surface area (Å²) in [6, 6.07) is 7.30. The second kappa shape index (κ2) is 4.64. The minimum Gasteiger partial charge on any atom is -0.399 e. The first kappa shape index (κ1) is 12.4. The summed E-state index contributed by atoms with van der Waals surface area (Å²) in [5.41, 5.74) is 6.56. The van der Waals surface area contributed by atoms with E-state index in [1.807, 2.05) is 19.1 Å². The highest BCUT2D eigenvalue weighted by atomic mass is 16.3. The number of β-amino-alcohol motifs (C(OH)–C–C–N with tert-alkyl or cyclic N) is 2. The van der Waals surface area contributed by atoms with Crippen LogP contribution < -0.4 is 5.73 Å². The van der Waals surface area contributed by atoms with Gasteiger partial charge in [-0.25, -0.2) is 0 Å². The normalized spacial score (nSPS) is 27.2. The van der Waals surface area contributed by atoms with Gasteiger partial charge in [0.2, 0.25) is 0 Å². The molecule has 0 aliphatic carbocycles. The second-order valence-electron chi connectivity index (χ2n) is 5.17. The van der Waals surface area contributed by atoms with Crippen LogP contribution in [0.2, 0.25) is 0 Å². The van der Waals surface area contributed by atoms with Gasteiger partial charge < -0.3 is 15.9 Å². The van der Waals surface area contributed by atoms with Crippen molar-refractivity contribution in [2.24, 2.45) is 0 Å². The average Bonchev–Trinajstić information content (AvgIpc) is 2.58. The zero-order chi connectivity index (χ0) is 12.5. The Morgan fingerprint density at radius 3 is 2.88 bits per heavy atom. The quantitative estimate of drug-likeness (QED) is 0.678. The summed E-state index contributed by atoms with van der Waals surface area (Å²) < 4.78 is 0. The predicted octanol–water partition coefficient (Wildman–Crippen LogP) is 0.759. The fourth-order valence-electron chi connectivity index (χ4n) is 2.31. The Bertz CT molecular complexity index is 393. The molecule has 0 spiro atoms. The molecule has 2 rings (SSSR count). The number of anilines is 1. The van der Waals surface area contributed by atoms with Crippen molar-refractivity contribution in [3.05, 3.63) is 29.8 Å². The van der Waals surface area contributed by atoms with E-state index in [9.17, 15) is 10.2 Å². The van der Waals surface area contributed by atoms with Gasteiger partial charge in [-0.1, -0.05) is 12.1 Å². The number of hydrogen-bond acceptors (Lipinski definition) is 4. The van der Waals surface area contributed by atoms with Crippen LogP contribution in [0.3, 0.4) is 0 Å². The molecular weight excluding hydrogens is 216 g/mol. The maximum absolute atomic E-state index is 10.1. The molecule has 1 fully saturated rings. The van der Waals surface area contributed by atoms with Crippen LogP contribution in [0.25, 0.3) is 0 Å². The highest BCUT2D eigenvalue weighted by molar-refractivity contribution is 5.41. The number of aliphatic hydroxyl groups is 2. The third-order valence-corrected chi connectivity index (χ3v) is 3.26. The van der Waals surface area contributed by atoms with Crippen LogP contribution in [-0.4, -0.2) is 40.3 Å². The highest BCUT2D eigenvalue weighted by Crippen LogP contribution is 2.23. The van der Waals surface area contributed by atoms with Crippen LogP contribution in [0.1, 0.15) is 25.0 Å². The van der Waals surface area contributed by atoms with Crippen LogP contribution >= 0.6 is 0 Å². The van der Waals surface area contributed by atoms with Crippen LogP contribution in [0.15, 0.2) is 24.3 Å². The van der Waals surface area contributed by atoms with E-state index in [4.69, 9.17) is 5.73 Å². The summed E-state index contributed by atoms with van der Waals surface area (Å²) in [5.74, 6) is 0. The van der Waals surface area contributed by atoms with Gasteiger partial charge in [-0.05, 0) is 31.0 Å². The van der Waals surface area contributed by atoms with Gasteiger partial charge in [0.25, 0.3) is 0 Å². The molecule has 1 saturated heterocycles. The zero-order valence-electron chi connectivity index (χ0n) is 10.1. The Morgan fingerprint density at radius 2 is 2.29 bits per heavy atom. The first-order valence-electron chi connectivity index (χ1n) is 5.94. The van der Waals surface area contributed by atoms with Crippen molar-refractivity contribution in [1.29, 1.82) is 0 Å². The summed E-state index contributed by atoms with van der Waals surface area (Å²) in [6.45, 7) is 3.82. The number of aliphatic hydroxyl groups excluding tert-OH is 1. The summed E-state index contributed by atoms with van der Waals surface area (Å²) in [7, 11) is 0. The highest BCUT2D eigenvalue weighted by Gasteiger charge is 2.32. The van der Waals surface area contributed by atoms with Crippen molar-refractivity contribution in [2.45, 2.75) is 25.0 Å². The maximum Gasteiger partial charge on any atom is 0.0917 e. The lowest BCUT2D eigenvalue weighted by molar-refractivity contribution is 0.0581. The van der Waals surface area contributed by atoms with Gasteiger partial charge in [-0.3, -0.25) is 4.90 Å². The smallest absolute Gasteiger partial charge is 0.0917 e. The maximum atomic E-state index is 10.1. The summed E-state index contributed by atoms with van der Waals surface area (Å²) in [5, 5.41) is 19.9. The van der Waals surface area contributed by atoms with Crippen LogP contribution in [-0.2, 0) is 0 Å². The molecule has 1 heterocycles. The van der Waals surface area contributed by atoms with Gasteiger partial charge in [0.05, 0.1) is 11.7 Å². The molecule has 0 radical (unpaired) electrons. The Morgan fingerprint density at radius 1 is 1.53 bits per heavy atom. The Kier molecular flexibility index (Phi) is 3.38. The van der Waals surface area contributed by atoms with E-state index < -0.39 is 11.7 Å². The molecule has 4 N–H and O–H groups in total. The molecule has 1 aromatic rings. The number of benzene rings is 1. The number of nitrogens with two attached hydrogens (primary N) is 1. The number of hydrogen-bond donors (Lipinski definition) is 3. The van der Waals surface area contributed by atoms with Crippen LogP contribution in [0, 0.1) is 0 Å². The molecule has 4 heteroatoms. The van der Waals surface area contributed by atoms with E-state index in [-0.39, 0.29) is 0 Å². The van der Waals surface area contributed by atoms with Gasteiger partial charge in [0.1, 0.15) is 0 Å². The molecule has 2 unspecified atom stereocenters. The summed E-state index contributed by atoms with van der Waals surface area (Å²) in [6.07, 6.45) is 0.212. The van der Waals surface area contributed by atoms with E-state index >= 15 is 0 Å². The zero-order valence-corrected chi connectivity index (χ0v) is 10.1. The molecular formula is C13H20N2O2. The van der Waals surface area contributed by atoms with Gasteiger partial charge in [-0.15, -0.1) is 0 Å². The summed E-state index contributed by atoms with van der Waals surface area (Å²) >= 11 is 0. The predicted molar refractivity (Wildman–Crippen MR) is 67.5 cm³/mol. The largest absolute Gasteiger partial charge is 0.399 e. The fraction of sp³-hybridized carbons (Fsp3) is 0.538. The third kappa shape index (κ3) is 3.19. The minimum absolute atomic E-state index is 0.541. The van der Waals surface area contributed by atoms with Gasteiger partial charge in [-0.2, -0.15) is 0 Å². The molecule has 0 aromatic heterocycles. The molecule has 1 aromatic carbocycles. The lowest BCUT2D eigenvalue weighted by Crippen LogP contribution is -2.32. The van der Waals surface area contributed by atoms with Gasteiger partial charge in [0, 0.05) is 25.3 Å². The number of nitrogen functional groups attached to an aromatic ring is 1. The standard InChI is InChI=1S/C13H20N2O2/c1-13(17)5-6-15(9-13)8-12(16)10-3-2-4-11(14)7-10/h2-4,7,12,16-17H,5-6,8-9,14H2,1H3. The lowest BCUT2D eigenvalue weighted by Gasteiger charge is -2.22. The Balaban J connectivity index is 1.96. The molecule has 2 atom stereocenters. The Labute approximate surface area is 102 Å². The fourth-order valence-corrected chi connectivity index (χ4v) is 2.31. The van der Waals surface area contributed by atoms with E-state index in [1.165, 1.54) is 0 Å². The van der Waals surface area contributed by atoms with E-state index in [0.717, 1.165) is 18.5 Å². The number of rotatable bonds is 3. The van der Waals surface area contributed by atoms with Crippen molar-refractivity contribution >= 4 is 5.69 Å². The number of likely N-dealkylation sites (tertiary alicyclic amines) is 1. The monoisotopic (exact) mass is 236 g/mol. The Hall–Kier alpha value is -1.10. The molecule has 0 saturated carbocycles. The lowest BCUT2D eigenvalue weighted by atomic mass is 10.1. The van der Waals surface area contributed by atoms with Gasteiger partial charge >= 0.3 is 0 Å². The molecule has 4 nitrogen and oxygen atoms in total. The first-order chi connectivity index (χ1) is 7.96. The second-order valence-corrected chi connectivity index (χ2v) is 5.17. The third-order valence-electron chi connectivity index (χ3n) is 3.26. The van der Waals surface area contributed by atoms with Crippen molar-refractivity contribution in [1.82, 2.24) is 4.90 Å². The molecule has 17 heavy (non-hydrogen) atoms. The summed E-state index contributed by atoms with van der Waals surface area (Å²) in [4.78, 5) is 2.08. The topological polar surface area (TPSA) is 69.7 Å². The van der Waals surface area contributed by atoms with E-state index in [0.29, 0.717) is 18.8 Å². The molecule has 94 valence electrons. The van der Waals surface area contributed by atoms with Crippen LogP contribution in [0.4, 0.5) is 5.69 Å². The van der Waals surface area contributed by atoms with Crippen molar-refractivity contribution < 1.29 is 10.2 Å². The van der Waals surface area contributed by atoms with Crippen LogP contribution in [0.5, 0.6) is 0 Å². The van der Waals surface area contributed by atoms with Crippen molar-refractivity contribution in [3.8, 4) is 0 Å². The van der Waals surface area contributed by atoms with Gasteiger partial charge in [0.15, 0.2) is 0 Å². The molecule has 0 bridgehead atoms. The average molecular weight is 236 g/mol. The molecule has 1 aliphatic heterocycles. The number of nitrogens with zero attached hydrogens (tertiary/aromatic N) is 1. The van der Waals surface area contributed by atoms with Crippen molar-refractivity contribution in [3.63, 3.8) is 0 Å². The molecule has 0 amide bonds. The first-order valence-corrected chi connectivity index (χ1v) is 5.94. The molecule has 1 aliphatic rings. The van der Waals surface area contributed by atoms with Crippen molar-refractivity contribution in [2.75, 3.05) is 25.4 Å². The van der Waals surface area contributed by atoms with E-state index in [1.54, 1.807) is 12.1 Å². The minimum atomic E-state index is -0.616. The van der Waals surface area contributed by atoms with E-state index in [2.05, 4.69) is 4.90 Å². The SMILES string of the molecule is CC1(O)CCN(CC(O)c2cccc(N)c2)C1.